The summed E-state index contributed by atoms with van der Waals surface area (Å²) >= 11 is 0. The minimum atomic E-state index is -0.921. The number of amides is 3. The van der Waals surface area contributed by atoms with Crippen LogP contribution in [0.5, 0.6) is 0 Å². The molecule has 0 bridgehead atoms. The van der Waals surface area contributed by atoms with Gasteiger partial charge in [-0.3, -0.25) is 19.2 Å². The van der Waals surface area contributed by atoms with Crippen molar-refractivity contribution in [2.24, 2.45) is 17.2 Å². The van der Waals surface area contributed by atoms with Gasteiger partial charge in [0.2, 0.25) is 24.0 Å². The van der Waals surface area contributed by atoms with Gasteiger partial charge in [-0.2, -0.15) is 0 Å². The number of nitrogens with one attached hydrogen (secondary N) is 1. The number of likely N-dealkylation sites (tertiary alicyclic amines) is 1. The molecule has 1 radical (unpaired) electrons. The molecular weight excluding hydrogens is 326 g/mol. The summed E-state index contributed by atoms with van der Waals surface area (Å²) in [7, 11) is 0. The molecule has 141 valence electrons. The van der Waals surface area contributed by atoms with Crippen LogP contribution in [-0.2, 0) is 19.2 Å². The SMILES string of the molecule is NCCCC[C@H](N)C(=O)N1CCC[C@H]1C(=O)N[C@H]([C]=O)CCC(N)=O. The molecule has 7 N–H and O–H groups in total. The number of carbonyl (C=O) groups excluding carboxylic acids is 4. The highest BCUT2D eigenvalue weighted by molar-refractivity contribution is 5.91. The van der Waals surface area contributed by atoms with Gasteiger partial charge in [-0.25, -0.2) is 0 Å². The van der Waals surface area contributed by atoms with Crippen LogP contribution in [0.4, 0.5) is 0 Å². The third-order valence-corrected chi connectivity index (χ3v) is 4.26. The summed E-state index contributed by atoms with van der Waals surface area (Å²) in [6.45, 7) is 1.00. The summed E-state index contributed by atoms with van der Waals surface area (Å²) in [5, 5.41) is 2.52. The normalized spacial score (nSPS) is 19.3. The summed E-state index contributed by atoms with van der Waals surface area (Å²) in [6.07, 6.45) is 5.01. The number of nitrogens with zero attached hydrogens (tertiary/aromatic N) is 1. The molecule has 1 aliphatic heterocycles. The van der Waals surface area contributed by atoms with Crippen molar-refractivity contribution in [1.29, 1.82) is 0 Å². The zero-order valence-electron chi connectivity index (χ0n) is 14.4. The standard InChI is InChI=1S/C16H28N5O4/c17-8-2-1-4-12(18)16(25)21-9-3-5-13(21)15(24)20-11(10-22)6-7-14(19)23/h11-13H,1-9,17-18H2,(H2,19,23)(H,20,24)/t11-,12-,13-/m0/s1. The Morgan fingerprint density at radius 3 is 2.56 bits per heavy atom. The molecule has 0 aromatic carbocycles. The molecule has 1 fully saturated rings. The predicted octanol–water partition coefficient (Wildman–Crippen LogP) is -1.71. The van der Waals surface area contributed by atoms with Gasteiger partial charge in [-0.05, 0) is 38.6 Å². The fourth-order valence-electron chi connectivity index (χ4n) is 2.86. The van der Waals surface area contributed by atoms with Crippen LogP contribution in [0.2, 0.25) is 0 Å². The van der Waals surface area contributed by atoms with E-state index < -0.39 is 29.9 Å². The third kappa shape index (κ3) is 6.79. The van der Waals surface area contributed by atoms with Crippen LogP contribution in [0.25, 0.3) is 0 Å². The molecule has 3 atom stereocenters. The molecule has 0 aromatic rings. The lowest BCUT2D eigenvalue weighted by atomic mass is 10.1. The van der Waals surface area contributed by atoms with Crippen LogP contribution in [-0.4, -0.2) is 60.1 Å². The molecule has 1 heterocycles. The molecule has 0 aromatic heterocycles. The Labute approximate surface area is 147 Å². The van der Waals surface area contributed by atoms with Gasteiger partial charge in [0.15, 0.2) is 0 Å². The number of carbonyl (C=O) groups is 3. The van der Waals surface area contributed by atoms with E-state index in [2.05, 4.69) is 5.32 Å². The van der Waals surface area contributed by atoms with E-state index in [1.807, 2.05) is 0 Å². The zero-order chi connectivity index (χ0) is 18.8. The second-order valence-electron chi connectivity index (χ2n) is 6.26. The fraction of sp³-hybridized carbons (Fsp3) is 0.750. The molecule has 0 saturated carbocycles. The molecule has 9 heteroatoms. The molecule has 1 saturated heterocycles. The van der Waals surface area contributed by atoms with E-state index in [-0.39, 0.29) is 18.7 Å². The maximum atomic E-state index is 12.5. The van der Waals surface area contributed by atoms with E-state index in [9.17, 15) is 19.2 Å². The first-order valence-corrected chi connectivity index (χ1v) is 8.63. The number of rotatable bonds is 11. The monoisotopic (exact) mass is 354 g/mol. The Morgan fingerprint density at radius 2 is 1.96 bits per heavy atom. The average Bonchev–Trinajstić information content (AvgIpc) is 3.07. The van der Waals surface area contributed by atoms with Crippen LogP contribution in [0.1, 0.15) is 44.9 Å². The summed E-state index contributed by atoms with van der Waals surface area (Å²) in [4.78, 5) is 48.1. The quantitative estimate of drug-likeness (QED) is 0.323. The van der Waals surface area contributed by atoms with Crippen molar-refractivity contribution in [2.45, 2.75) is 63.1 Å². The van der Waals surface area contributed by atoms with Crippen LogP contribution in [0.15, 0.2) is 0 Å². The Hall–Kier alpha value is -2.00. The Bertz CT molecular complexity index is 485. The topological polar surface area (TPSA) is 162 Å². The molecule has 1 aliphatic rings. The van der Waals surface area contributed by atoms with E-state index in [4.69, 9.17) is 17.2 Å². The van der Waals surface area contributed by atoms with Crippen molar-refractivity contribution in [1.82, 2.24) is 10.2 Å². The summed E-state index contributed by atoms with van der Waals surface area (Å²) in [5.41, 5.74) is 16.4. The number of primary amides is 1. The fourth-order valence-corrected chi connectivity index (χ4v) is 2.86. The smallest absolute Gasteiger partial charge is 0.243 e. The maximum Gasteiger partial charge on any atom is 0.243 e. The lowest BCUT2D eigenvalue weighted by Crippen LogP contribution is -2.53. The lowest BCUT2D eigenvalue weighted by molar-refractivity contribution is -0.139. The van der Waals surface area contributed by atoms with E-state index in [1.165, 1.54) is 4.90 Å². The highest BCUT2D eigenvalue weighted by Crippen LogP contribution is 2.19. The number of unbranched alkanes of at least 4 members (excludes halogenated alkanes) is 1. The van der Waals surface area contributed by atoms with Gasteiger partial charge < -0.3 is 27.4 Å². The molecule has 9 nitrogen and oxygen atoms in total. The largest absolute Gasteiger partial charge is 0.370 e. The lowest BCUT2D eigenvalue weighted by Gasteiger charge is -2.27. The molecule has 0 aliphatic carbocycles. The van der Waals surface area contributed by atoms with E-state index in [1.54, 1.807) is 6.29 Å². The Morgan fingerprint density at radius 1 is 1.24 bits per heavy atom. The van der Waals surface area contributed by atoms with Gasteiger partial charge in [0.1, 0.15) is 6.04 Å². The van der Waals surface area contributed by atoms with Gasteiger partial charge in [-0.1, -0.05) is 6.42 Å². The van der Waals surface area contributed by atoms with Crippen molar-refractivity contribution >= 4 is 24.0 Å². The van der Waals surface area contributed by atoms with Crippen molar-refractivity contribution in [3.8, 4) is 0 Å². The number of hydrogen-bond donors (Lipinski definition) is 4. The van der Waals surface area contributed by atoms with Gasteiger partial charge in [0.25, 0.3) is 0 Å². The van der Waals surface area contributed by atoms with E-state index in [0.29, 0.717) is 32.4 Å². The second kappa shape index (κ2) is 10.8. The number of hydrogen-bond acceptors (Lipinski definition) is 6. The zero-order valence-corrected chi connectivity index (χ0v) is 14.4. The molecule has 0 spiro atoms. The molecule has 3 amide bonds. The summed E-state index contributed by atoms with van der Waals surface area (Å²) < 4.78 is 0. The molecule has 25 heavy (non-hydrogen) atoms. The van der Waals surface area contributed by atoms with Gasteiger partial charge in [-0.15, -0.1) is 0 Å². The number of nitrogens with two attached hydrogens (primary N) is 3. The third-order valence-electron chi connectivity index (χ3n) is 4.26. The summed E-state index contributed by atoms with van der Waals surface area (Å²) in [5.74, 6) is -1.26. The molecular formula is C16H28N5O4. The minimum Gasteiger partial charge on any atom is -0.370 e. The molecule has 1 rings (SSSR count). The van der Waals surface area contributed by atoms with Crippen LogP contribution in [0, 0.1) is 0 Å². The first kappa shape index (κ1) is 21.0. The van der Waals surface area contributed by atoms with Gasteiger partial charge in [0.05, 0.1) is 12.1 Å². The Kier molecular flexibility index (Phi) is 9.07. The van der Waals surface area contributed by atoms with Crippen molar-refractivity contribution < 1.29 is 19.2 Å². The van der Waals surface area contributed by atoms with Crippen molar-refractivity contribution in [3.05, 3.63) is 0 Å². The highest BCUT2D eigenvalue weighted by Gasteiger charge is 2.36. The van der Waals surface area contributed by atoms with E-state index >= 15 is 0 Å². The van der Waals surface area contributed by atoms with Crippen molar-refractivity contribution in [3.63, 3.8) is 0 Å². The van der Waals surface area contributed by atoms with Gasteiger partial charge >= 0.3 is 0 Å². The Balaban J connectivity index is 2.59. The minimum absolute atomic E-state index is 0.0283. The summed E-state index contributed by atoms with van der Waals surface area (Å²) in [6, 6.07) is -2.24. The average molecular weight is 354 g/mol. The van der Waals surface area contributed by atoms with Crippen LogP contribution >= 0.6 is 0 Å². The predicted molar refractivity (Wildman–Crippen MR) is 91.7 cm³/mol. The van der Waals surface area contributed by atoms with Gasteiger partial charge in [0, 0.05) is 13.0 Å². The van der Waals surface area contributed by atoms with Crippen LogP contribution in [0.3, 0.4) is 0 Å². The first-order chi connectivity index (χ1) is 11.9. The van der Waals surface area contributed by atoms with Crippen LogP contribution < -0.4 is 22.5 Å². The maximum absolute atomic E-state index is 12.5. The van der Waals surface area contributed by atoms with E-state index in [0.717, 1.165) is 12.8 Å². The highest BCUT2D eigenvalue weighted by atomic mass is 16.2. The molecule has 0 unspecified atom stereocenters. The van der Waals surface area contributed by atoms with Crippen molar-refractivity contribution in [2.75, 3.05) is 13.1 Å². The second-order valence-corrected chi connectivity index (χ2v) is 6.26. The first-order valence-electron chi connectivity index (χ1n) is 8.63.